The number of thioether (sulfide) groups is 1. The Labute approximate surface area is 170 Å². The van der Waals surface area contributed by atoms with Gasteiger partial charge in [-0.15, -0.1) is 11.8 Å². The molecule has 4 amide bonds. The maximum absolute atomic E-state index is 12.5. The van der Waals surface area contributed by atoms with Crippen LogP contribution in [-0.2, 0) is 20.1 Å². The fraction of sp³-hybridized carbons (Fsp3) is 0.550. The molecule has 0 saturated carbocycles. The number of urea groups is 1. The molecule has 2 heterocycles. The minimum Gasteiger partial charge on any atom is -0.383 e. The first-order valence-corrected chi connectivity index (χ1v) is 10.7. The van der Waals surface area contributed by atoms with Crippen molar-refractivity contribution in [2.24, 2.45) is 0 Å². The lowest BCUT2D eigenvalue weighted by molar-refractivity contribution is -0.130. The van der Waals surface area contributed by atoms with E-state index in [1.807, 2.05) is 23.1 Å². The average Bonchev–Trinajstić information content (AvgIpc) is 3.01. The molecule has 0 aromatic heterocycles. The van der Waals surface area contributed by atoms with Crippen molar-refractivity contribution in [1.29, 1.82) is 0 Å². The van der Waals surface area contributed by atoms with Gasteiger partial charge in [0.2, 0.25) is 11.8 Å². The first-order valence-electron chi connectivity index (χ1n) is 9.59. The molecule has 2 saturated heterocycles. The van der Waals surface area contributed by atoms with Gasteiger partial charge in [0, 0.05) is 32.0 Å². The second kappa shape index (κ2) is 9.93. The number of rotatable bonds is 8. The Morgan fingerprint density at radius 2 is 1.89 bits per heavy atom. The predicted molar refractivity (Wildman–Crippen MR) is 108 cm³/mol. The lowest BCUT2D eigenvalue weighted by atomic mass is 10.0. The highest BCUT2D eigenvalue weighted by Crippen LogP contribution is 2.23. The number of piperidine rings is 1. The Hall–Kier alpha value is -2.06. The molecule has 0 atom stereocenters. The molecule has 8 heteroatoms. The third kappa shape index (κ3) is 5.05. The number of carbonyl (C=O) groups excluding carboxylic acids is 3. The van der Waals surface area contributed by atoms with Gasteiger partial charge in [0.25, 0.3) is 0 Å². The lowest BCUT2D eigenvalue weighted by Crippen LogP contribution is -2.48. The Morgan fingerprint density at radius 3 is 2.57 bits per heavy atom. The quantitative estimate of drug-likeness (QED) is 0.617. The normalized spacial score (nSPS) is 18.2. The number of imide groups is 1. The summed E-state index contributed by atoms with van der Waals surface area (Å²) in [5.74, 6) is 1.26. The maximum atomic E-state index is 12.5. The van der Waals surface area contributed by atoms with Gasteiger partial charge in [0.1, 0.15) is 6.54 Å². The van der Waals surface area contributed by atoms with E-state index >= 15 is 0 Å². The topological polar surface area (TPSA) is 70.2 Å². The van der Waals surface area contributed by atoms with Crippen LogP contribution in [0.4, 0.5) is 4.79 Å². The molecule has 0 aliphatic carbocycles. The van der Waals surface area contributed by atoms with Crippen LogP contribution < -0.4 is 0 Å². The Balaban J connectivity index is 1.42. The third-order valence-electron chi connectivity index (χ3n) is 5.20. The van der Waals surface area contributed by atoms with E-state index in [-0.39, 0.29) is 30.4 Å². The SMILES string of the molecule is COCCN1C(=O)CN(C2CCN(C(=O)CSCc3ccccc3)CC2)C1=O. The predicted octanol–water partition coefficient (Wildman–Crippen LogP) is 1.82. The summed E-state index contributed by atoms with van der Waals surface area (Å²) in [6.45, 7) is 2.03. The molecule has 0 unspecified atom stereocenters. The van der Waals surface area contributed by atoms with Gasteiger partial charge in [-0.3, -0.25) is 14.5 Å². The molecule has 152 valence electrons. The zero-order chi connectivity index (χ0) is 19.9. The molecule has 0 bridgehead atoms. The standard InChI is InChI=1S/C20H27N3O4S/c1-27-12-11-22-18(24)13-23(20(22)26)17-7-9-21(10-8-17)19(25)15-28-14-16-5-3-2-4-6-16/h2-6,17H,7-15H2,1H3. The summed E-state index contributed by atoms with van der Waals surface area (Å²) in [7, 11) is 1.55. The minimum absolute atomic E-state index is 0.0185. The van der Waals surface area contributed by atoms with Crippen molar-refractivity contribution in [3.63, 3.8) is 0 Å². The maximum Gasteiger partial charge on any atom is 0.327 e. The van der Waals surface area contributed by atoms with Gasteiger partial charge in [-0.1, -0.05) is 30.3 Å². The zero-order valence-corrected chi connectivity index (χ0v) is 17.0. The van der Waals surface area contributed by atoms with Crippen molar-refractivity contribution in [3.8, 4) is 0 Å². The van der Waals surface area contributed by atoms with E-state index in [0.717, 1.165) is 5.75 Å². The van der Waals surface area contributed by atoms with Crippen molar-refractivity contribution < 1.29 is 19.1 Å². The summed E-state index contributed by atoms with van der Waals surface area (Å²) < 4.78 is 4.97. The van der Waals surface area contributed by atoms with Crippen LogP contribution in [0.1, 0.15) is 18.4 Å². The largest absolute Gasteiger partial charge is 0.383 e. The summed E-state index contributed by atoms with van der Waals surface area (Å²) in [4.78, 5) is 41.8. The van der Waals surface area contributed by atoms with E-state index in [2.05, 4.69) is 12.1 Å². The highest BCUT2D eigenvalue weighted by atomic mass is 32.2. The second-order valence-corrected chi connectivity index (χ2v) is 8.02. The fourth-order valence-electron chi connectivity index (χ4n) is 3.60. The van der Waals surface area contributed by atoms with Gasteiger partial charge in [-0.2, -0.15) is 0 Å². The van der Waals surface area contributed by atoms with E-state index in [1.165, 1.54) is 10.5 Å². The van der Waals surface area contributed by atoms with Crippen molar-refractivity contribution in [3.05, 3.63) is 35.9 Å². The average molecular weight is 406 g/mol. The van der Waals surface area contributed by atoms with Crippen LogP contribution in [0, 0.1) is 0 Å². The number of ether oxygens (including phenoxy) is 1. The number of benzene rings is 1. The van der Waals surface area contributed by atoms with Crippen molar-refractivity contribution in [2.45, 2.75) is 24.6 Å². The molecular weight excluding hydrogens is 378 g/mol. The molecule has 28 heavy (non-hydrogen) atoms. The summed E-state index contributed by atoms with van der Waals surface area (Å²) in [5, 5.41) is 0. The first-order chi connectivity index (χ1) is 13.6. The van der Waals surface area contributed by atoms with Crippen LogP contribution in [0.3, 0.4) is 0 Å². The van der Waals surface area contributed by atoms with E-state index < -0.39 is 0 Å². The molecule has 2 fully saturated rings. The molecular formula is C20H27N3O4S. The smallest absolute Gasteiger partial charge is 0.327 e. The first kappa shape index (κ1) is 20.7. The van der Waals surface area contributed by atoms with Gasteiger partial charge in [0.15, 0.2) is 0 Å². The van der Waals surface area contributed by atoms with Gasteiger partial charge >= 0.3 is 6.03 Å². The monoisotopic (exact) mass is 405 g/mol. The number of carbonyl (C=O) groups is 3. The zero-order valence-electron chi connectivity index (χ0n) is 16.2. The molecule has 2 aliphatic heterocycles. The Kier molecular flexibility index (Phi) is 7.33. The molecule has 3 rings (SSSR count). The summed E-state index contributed by atoms with van der Waals surface area (Å²) >= 11 is 1.62. The third-order valence-corrected chi connectivity index (χ3v) is 6.19. The van der Waals surface area contributed by atoms with Crippen LogP contribution in [0.5, 0.6) is 0 Å². The molecule has 0 spiro atoms. The molecule has 1 aromatic rings. The summed E-state index contributed by atoms with van der Waals surface area (Å²) in [6.07, 6.45) is 1.43. The fourth-order valence-corrected chi connectivity index (χ4v) is 4.48. The molecule has 7 nitrogen and oxygen atoms in total. The van der Waals surface area contributed by atoms with Crippen molar-refractivity contribution >= 4 is 29.6 Å². The summed E-state index contributed by atoms with van der Waals surface area (Å²) in [6, 6.07) is 9.90. The van der Waals surface area contributed by atoms with E-state index in [4.69, 9.17) is 4.74 Å². The van der Waals surface area contributed by atoms with Crippen molar-refractivity contribution in [1.82, 2.24) is 14.7 Å². The lowest BCUT2D eigenvalue weighted by Gasteiger charge is -2.36. The summed E-state index contributed by atoms with van der Waals surface area (Å²) in [5.41, 5.74) is 1.22. The van der Waals surface area contributed by atoms with Crippen LogP contribution in [0.25, 0.3) is 0 Å². The minimum atomic E-state index is -0.231. The molecule has 0 N–H and O–H groups in total. The van der Waals surface area contributed by atoms with E-state index in [0.29, 0.717) is 44.8 Å². The molecule has 0 radical (unpaired) electrons. The van der Waals surface area contributed by atoms with Gasteiger partial charge in [0.05, 0.1) is 18.9 Å². The van der Waals surface area contributed by atoms with E-state index in [9.17, 15) is 14.4 Å². The number of amides is 4. The van der Waals surface area contributed by atoms with Gasteiger partial charge < -0.3 is 14.5 Å². The second-order valence-electron chi connectivity index (χ2n) is 7.04. The van der Waals surface area contributed by atoms with Gasteiger partial charge in [-0.05, 0) is 18.4 Å². The van der Waals surface area contributed by atoms with Crippen molar-refractivity contribution in [2.75, 3.05) is 45.6 Å². The number of hydrogen-bond donors (Lipinski definition) is 0. The molecule has 1 aromatic carbocycles. The number of likely N-dealkylation sites (tertiary alicyclic amines) is 1. The highest BCUT2D eigenvalue weighted by Gasteiger charge is 2.40. The van der Waals surface area contributed by atoms with Crippen LogP contribution in [0.15, 0.2) is 30.3 Å². The number of nitrogens with zero attached hydrogens (tertiary/aromatic N) is 3. The van der Waals surface area contributed by atoms with E-state index in [1.54, 1.807) is 23.8 Å². The van der Waals surface area contributed by atoms with Crippen LogP contribution in [0.2, 0.25) is 0 Å². The highest BCUT2D eigenvalue weighted by molar-refractivity contribution is 7.99. The number of hydrogen-bond acceptors (Lipinski definition) is 5. The Bertz CT molecular complexity index is 692. The van der Waals surface area contributed by atoms with Crippen LogP contribution in [-0.4, -0.2) is 84.2 Å². The van der Waals surface area contributed by atoms with Gasteiger partial charge in [-0.25, -0.2) is 4.79 Å². The molecule has 2 aliphatic rings. The van der Waals surface area contributed by atoms with Crippen LogP contribution >= 0.6 is 11.8 Å². The Morgan fingerprint density at radius 1 is 1.18 bits per heavy atom. The number of methoxy groups -OCH3 is 1.